The summed E-state index contributed by atoms with van der Waals surface area (Å²) < 4.78 is 25.8. The molecule has 1 rings (SSSR count). The average molecular weight is 249 g/mol. The highest BCUT2D eigenvalue weighted by atomic mass is 32.2. The van der Waals surface area contributed by atoms with Crippen LogP contribution in [0.25, 0.3) is 0 Å². The molecule has 0 amide bonds. The predicted molar refractivity (Wildman–Crippen MR) is 61.8 cm³/mol. The van der Waals surface area contributed by atoms with Crippen LogP contribution in [0.4, 0.5) is 0 Å². The zero-order valence-corrected chi connectivity index (χ0v) is 10.2. The maximum absolute atomic E-state index is 11.7. The largest absolute Gasteiger partial charge is 0.409 e. The molecule has 0 aliphatic heterocycles. The van der Waals surface area contributed by atoms with Gasteiger partial charge in [0, 0.05) is 0 Å². The van der Waals surface area contributed by atoms with Crippen LogP contribution in [-0.4, -0.2) is 31.3 Å². The second-order valence-corrected chi connectivity index (χ2v) is 6.01. The van der Waals surface area contributed by atoms with E-state index in [4.69, 9.17) is 10.9 Å². The summed E-state index contributed by atoms with van der Waals surface area (Å²) in [6.07, 6.45) is 3.23. The summed E-state index contributed by atoms with van der Waals surface area (Å²) in [5.74, 6) is 0.347. The van der Waals surface area contributed by atoms with Gasteiger partial charge in [-0.25, -0.2) is 13.1 Å². The van der Waals surface area contributed by atoms with Crippen LogP contribution in [0.2, 0.25) is 0 Å². The minimum absolute atomic E-state index is 0.0822. The molecule has 0 aromatic rings. The van der Waals surface area contributed by atoms with Gasteiger partial charge in [0.1, 0.15) is 0 Å². The highest BCUT2D eigenvalue weighted by Crippen LogP contribution is 2.30. The average Bonchev–Trinajstić information content (AvgIpc) is 2.98. The van der Waals surface area contributed by atoms with Crippen LogP contribution in [0, 0.1) is 5.92 Å². The number of amidine groups is 1. The van der Waals surface area contributed by atoms with Crippen molar-refractivity contribution in [3.8, 4) is 0 Å². The van der Waals surface area contributed by atoms with Crippen molar-refractivity contribution in [2.24, 2.45) is 16.8 Å². The van der Waals surface area contributed by atoms with Crippen molar-refractivity contribution >= 4 is 15.9 Å². The van der Waals surface area contributed by atoms with Crippen molar-refractivity contribution in [2.45, 2.75) is 38.6 Å². The van der Waals surface area contributed by atoms with E-state index >= 15 is 0 Å². The monoisotopic (exact) mass is 249 g/mol. The molecule has 0 aromatic heterocycles. The number of hydrogen-bond donors (Lipinski definition) is 3. The molecule has 0 spiro atoms. The molecule has 6 nitrogen and oxygen atoms in total. The quantitative estimate of drug-likeness (QED) is 0.260. The van der Waals surface area contributed by atoms with Crippen LogP contribution in [0.5, 0.6) is 0 Å². The van der Waals surface area contributed by atoms with Gasteiger partial charge >= 0.3 is 0 Å². The molecule has 1 unspecified atom stereocenters. The Morgan fingerprint density at radius 3 is 2.69 bits per heavy atom. The molecule has 0 aromatic carbocycles. The van der Waals surface area contributed by atoms with E-state index in [2.05, 4.69) is 9.88 Å². The molecule has 4 N–H and O–H groups in total. The zero-order valence-electron chi connectivity index (χ0n) is 9.39. The zero-order chi connectivity index (χ0) is 12.2. The van der Waals surface area contributed by atoms with E-state index in [-0.39, 0.29) is 17.5 Å². The lowest BCUT2D eigenvalue weighted by atomic mass is 10.2. The van der Waals surface area contributed by atoms with Crippen molar-refractivity contribution in [1.82, 2.24) is 4.72 Å². The Labute approximate surface area is 95.9 Å². The van der Waals surface area contributed by atoms with E-state index in [1.807, 2.05) is 6.92 Å². The minimum atomic E-state index is -3.32. The molecule has 0 saturated heterocycles. The number of oxime groups is 1. The highest BCUT2D eigenvalue weighted by molar-refractivity contribution is 7.89. The maximum atomic E-state index is 11.7. The fourth-order valence-corrected chi connectivity index (χ4v) is 3.21. The summed E-state index contributed by atoms with van der Waals surface area (Å²) in [4.78, 5) is 0. The summed E-state index contributed by atoms with van der Waals surface area (Å²) in [6.45, 7) is 1.91. The summed E-state index contributed by atoms with van der Waals surface area (Å²) >= 11 is 0. The van der Waals surface area contributed by atoms with Gasteiger partial charge in [-0.1, -0.05) is 18.5 Å². The third-order valence-corrected chi connectivity index (χ3v) is 4.08. The molecule has 1 aliphatic carbocycles. The van der Waals surface area contributed by atoms with Crippen LogP contribution in [0.1, 0.15) is 32.6 Å². The first-order valence-electron chi connectivity index (χ1n) is 5.46. The first-order chi connectivity index (χ1) is 7.48. The number of rotatable bonds is 7. The van der Waals surface area contributed by atoms with Crippen molar-refractivity contribution in [1.29, 1.82) is 0 Å². The third kappa shape index (κ3) is 4.36. The normalized spacial score (nSPS) is 19.7. The summed E-state index contributed by atoms with van der Waals surface area (Å²) in [7, 11) is -3.32. The molecule has 1 fully saturated rings. The first-order valence-corrected chi connectivity index (χ1v) is 7.11. The molecule has 16 heavy (non-hydrogen) atoms. The molecule has 0 heterocycles. The van der Waals surface area contributed by atoms with Crippen molar-refractivity contribution in [3.05, 3.63) is 0 Å². The fourth-order valence-electron chi connectivity index (χ4n) is 1.49. The standard InChI is InChI=1S/C9H19N3O3S/c1-2-3-8(9(10)11-13)12-16(14,15)6-7-4-5-7/h7-8,12-13H,2-6H2,1H3,(H2,10,11). The summed E-state index contributed by atoms with van der Waals surface area (Å²) in [5.41, 5.74) is 5.43. The van der Waals surface area contributed by atoms with Crippen LogP contribution in [0.15, 0.2) is 5.16 Å². The fraction of sp³-hybridized carbons (Fsp3) is 0.889. The van der Waals surface area contributed by atoms with Gasteiger partial charge in [-0.15, -0.1) is 0 Å². The van der Waals surface area contributed by atoms with Gasteiger partial charge < -0.3 is 10.9 Å². The van der Waals surface area contributed by atoms with Crippen LogP contribution in [0.3, 0.4) is 0 Å². The van der Waals surface area contributed by atoms with E-state index in [0.29, 0.717) is 6.42 Å². The van der Waals surface area contributed by atoms with Gasteiger partial charge in [0.25, 0.3) is 0 Å². The van der Waals surface area contributed by atoms with E-state index in [9.17, 15) is 8.42 Å². The Balaban J connectivity index is 2.58. The molecular formula is C9H19N3O3S. The summed E-state index contributed by atoms with van der Waals surface area (Å²) in [6, 6.07) is -0.598. The third-order valence-electron chi connectivity index (χ3n) is 2.52. The second-order valence-electron chi connectivity index (χ2n) is 4.21. The topological polar surface area (TPSA) is 105 Å². The van der Waals surface area contributed by atoms with Gasteiger partial charge in [0.2, 0.25) is 10.0 Å². The van der Waals surface area contributed by atoms with Gasteiger partial charge in [0.15, 0.2) is 5.84 Å². The predicted octanol–water partition coefficient (Wildman–Crippen LogP) is 0.231. The molecule has 94 valence electrons. The van der Waals surface area contributed by atoms with Crippen molar-refractivity contribution in [3.63, 3.8) is 0 Å². The SMILES string of the molecule is CCCC(NS(=O)(=O)CC1CC1)C(N)=NO. The molecule has 0 radical (unpaired) electrons. The second kappa shape index (κ2) is 5.49. The molecule has 1 aliphatic rings. The van der Waals surface area contributed by atoms with Crippen LogP contribution < -0.4 is 10.5 Å². The Morgan fingerprint density at radius 1 is 1.62 bits per heavy atom. The smallest absolute Gasteiger partial charge is 0.212 e. The van der Waals surface area contributed by atoms with E-state index < -0.39 is 16.1 Å². The number of sulfonamides is 1. The number of nitrogens with two attached hydrogens (primary N) is 1. The molecule has 7 heteroatoms. The van der Waals surface area contributed by atoms with Gasteiger partial charge in [0.05, 0.1) is 11.8 Å². The molecular weight excluding hydrogens is 230 g/mol. The Kier molecular flexibility index (Phi) is 4.55. The van der Waals surface area contributed by atoms with Crippen LogP contribution >= 0.6 is 0 Å². The van der Waals surface area contributed by atoms with Gasteiger partial charge in [-0.3, -0.25) is 0 Å². The Bertz CT molecular complexity index is 349. The minimum Gasteiger partial charge on any atom is -0.409 e. The van der Waals surface area contributed by atoms with Gasteiger partial charge in [-0.2, -0.15) is 0 Å². The Morgan fingerprint density at radius 2 is 2.25 bits per heavy atom. The van der Waals surface area contributed by atoms with Crippen LogP contribution in [-0.2, 0) is 10.0 Å². The van der Waals surface area contributed by atoms with Crippen molar-refractivity contribution < 1.29 is 13.6 Å². The molecule has 1 atom stereocenters. The van der Waals surface area contributed by atoms with E-state index in [0.717, 1.165) is 19.3 Å². The lowest BCUT2D eigenvalue weighted by Crippen LogP contribution is -2.45. The number of hydrogen-bond acceptors (Lipinski definition) is 4. The molecule has 1 saturated carbocycles. The number of nitrogens with one attached hydrogen (secondary N) is 1. The lowest BCUT2D eigenvalue weighted by Gasteiger charge is -2.16. The summed E-state index contributed by atoms with van der Waals surface area (Å²) in [5, 5.41) is 11.4. The maximum Gasteiger partial charge on any atom is 0.212 e. The molecule has 0 bridgehead atoms. The lowest BCUT2D eigenvalue weighted by molar-refractivity contribution is 0.315. The van der Waals surface area contributed by atoms with Crippen molar-refractivity contribution in [2.75, 3.05) is 5.75 Å². The number of nitrogens with zero attached hydrogens (tertiary/aromatic N) is 1. The van der Waals surface area contributed by atoms with E-state index in [1.165, 1.54) is 0 Å². The first kappa shape index (κ1) is 13.2. The van der Waals surface area contributed by atoms with E-state index in [1.54, 1.807) is 0 Å². The Hall–Kier alpha value is -0.820. The highest BCUT2D eigenvalue weighted by Gasteiger charge is 2.30. The van der Waals surface area contributed by atoms with Gasteiger partial charge in [-0.05, 0) is 25.2 Å².